The van der Waals surface area contributed by atoms with Crippen LogP contribution < -0.4 is 16.0 Å². The van der Waals surface area contributed by atoms with E-state index in [9.17, 15) is 9.18 Å². The van der Waals surface area contributed by atoms with Gasteiger partial charge in [-0.15, -0.1) is 24.0 Å². The third-order valence-corrected chi connectivity index (χ3v) is 4.04. The van der Waals surface area contributed by atoms with E-state index in [1.807, 2.05) is 37.3 Å². The SMILES string of the molecule is CCCC(=O)Nc1ccc(CNC(=NC)NCCc2ccccc2F)cc1.I. The van der Waals surface area contributed by atoms with Crippen LogP contribution >= 0.6 is 24.0 Å². The molecule has 0 heterocycles. The lowest BCUT2D eigenvalue weighted by atomic mass is 10.1. The number of hydrogen-bond acceptors (Lipinski definition) is 2. The van der Waals surface area contributed by atoms with Crippen molar-refractivity contribution >= 4 is 41.5 Å². The molecule has 0 aliphatic carbocycles. The molecule has 5 nitrogen and oxygen atoms in total. The summed E-state index contributed by atoms with van der Waals surface area (Å²) in [5, 5.41) is 9.28. The highest BCUT2D eigenvalue weighted by molar-refractivity contribution is 14.0. The van der Waals surface area contributed by atoms with Crippen LogP contribution in [0.15, 0.2) is 53.5 Å². The van der Waals surface area contributed by atoms with E-state index in [2.05, 4.69) is 20.9 Å². The third-order valence-electron chi connectivity index (χ3n) is 4.04. The van der Waals surface area contributed by atoms with Crippen molar-refractivity contribution in [1.82, 2.24) is 10.6 Å². The summed E-state index contributed by atoms with van der Waals surface area (Å²) in [5.74, 6) is 0.503. The van der Waals surface area contributed by atoms with Gasteiger partial charge in [0.2, 0.25) is 5.91 Å². The first kappa shape index (κ1) is 23.9. The van der Waals surface area contributed by atoms with Gasteiger partial charge in [-0.3, -0.25) is 9.79 Å². The minimum absolute atomic E-state index is 0. The Labute approximate surface area is 183 Å². The number of guanidine groups is 1. The van der Waals surface area contributed by atoms with Crippen molar-refractivity contribution in [2.24, 2.45) is 4.99 Å². The van der Waals surface area contributed by atoms with Crippen LogP contribution in [-0.4, -0.2) is 25.5 Å². The molecule has 2 aromatic rings. The quantitative estimate of drug-likeness (QED) is 0.292. The lowest BCUT2D eigenvalue weighted by Gasteiger charge is -2.12. The Balaban J connectivity index is 0.00000392. The van der Waals surface area contributed by atoms with Crippen molar-refractivity contribution in [3.8, 4) is 0 Å². The number of benzene rings is 2. The van der Waals surface area contributed by atoms with E-state index in [-0.39, 0.29) is 35.7 Å². The summed E-state index contributed by atoms with van der Waals surface area (Å²) < 4.78 is 13.6. The average Bonchev–Trinajstić information content (AvgIpc) is 2.67. The maximum absolute atomic E-state index is 13.6. The van der Waals surface area contributed by atoms with Gasteiger partial charge < -0.3 is 16.0 Å². The molecule has 0 atom stereocenters. The molecular weight excluding hydrogens is 470 g/mol. The zero-order valence-electron chi connectivity index (χ0n) is 16.3. The molecule has 7 heteroatoms. The van der Waals surface area contributed by atoms with Crippen molar-refractivity contribution in [2.45, 2.75) is 32.7 Å². The van der Waals surface area contributed by atoms with E-state index in [1.54, 1.807) is 19.2 Å². The maximum Gasteiger partial charge on any atom is 0.224 e. The summed E-state index contributed by atoms with van der Waals surface area (Å²) in [4.78, 5) is 15.8. The van der Waals surface area contributed by atoms with Crippen LogP contribution in [0.3, 0.4) is 0 Å². The Morgan fingerprint density at radius 2 is 1.79 bits per heavy atom. The highest BCUT2D eigenvalue weighted by Crippen LogP contribution is 2.10. The number of nitrogens with zero attached hydrogens (tertiary/aromatic N) is 1. The summed E-state index contributed by atoms with van der Waals surface area (Å²) in [7, 11) is 1.70. The number of carbonyl (C=O) groups excluding carboxylic acids is 1. The van der Waals surface area contributed by atoms with Gasteiger partial charge in [0.05, 0.1) is 0 Å². The van der Waals surface area contributed by atoms with Crippen molar-refractivity contribution in [2.75, 3.05) is 18.9 Å². The lowest BCUT2D eigenvalue weighted by Crippen LogP contribution is -2.37. The van der Waals surface area contributed by atoms with Crippen LogP contribution in [0.25, 0.3) is 0 Å². The monoisotopic (exact) mass is 498 g/mol. The zero-order valence-corrected chi connectivity index (χ0v) is 18.6. The van der Waals surface area contributed by atoms with E-state index in [1.165, 1.54) is 6.07 Å². The first-order valence-electron chi connectivity index (χ1n) is 9.19. The number of anilines is 1. The summed E-state index contributed by atoms with van der Waals surface area (Å²) >= 11 is 0. The fraction of sp³-hybridized carbons (Fsp3) is 0.333. The Morgan fingerprint density at radius 1 is 1.07 bits per heavy atom. The smallest absolute Gasteiger partial charge is 0.224 e. The Bertz CT molecular complexity index is 765. The second-order valence-electron chi connectivity index (χ2n) is 6.19. The summed E-state index contributed by atoms with van der Waals surface area (Å²) in [5.41, 5.74) is 2.55. The van der Waals surface area contributed by atoms with Crippen molar-refractivity contribution in [3.63, 3.8) is 0 Å². The van der Waals surface area contributed by atoms with Gasteiger partial charge in [-0.1, -0.05) is 37.3 Å². The highest BCUT2D eigenvalue weighted by atomic mass is 127. The normalized spacial score (nSPS) is 10.8. The maximum atomic E-state index is 13.6. The van der Waals surface area contributed by atoms with Crippen LogP contribution in [0, 0.1) is 5.82 Å². The van der Waals surface area contributed by atoms with Crippen LogP contribution in [0.1, 0.15) is 30.9 Å². The van der Waals surface area contributed by atoms with Crippen LogP contribution in [0.2, 0.25) is 0 Å². The Hall–Kier alpha value is -2.16. The Kier molecular flexibility index (Phi) is 11.2. The van der Waals surface area contributed by atoms with Gasteiger partial charge in [0, 0.05) is 32.2 Å². The number of amides is 1. The number of aliphatic imine (C=N–C) groups is 1. The number of halogens is 2. The fourth-order valence-electron chi connectivity index (χ4n) is 2.58. The molecule has 1 amide bonds. The van der Waals surface area contributed by atoms with Gasteiger partial charge in [0.15, 0.2) is 5.96 Å². The molecule has 28 heavy (non-hydrogen) atoms. The van der Waals surface area contributed by atoms with E-state index >= 15 is 0 Å². The third kappa shape index (κ3) is 8.24. The fourth-order valence-corrected chi connectivity index (χ4v) is 2.58. The van der Waals surface area contributed by atoms with Gasteiger partial charge in [0.1, 0.15) is 5.82 Å². The van der Waals surface area contributed by atoms with E-state index in [4.69, 9.17) is 0 Å². The molecule has 0 unspecified atom stereocenters. The van der Waals surface area contributed by atoms with Crippen molar-refractivity contribution in [3.05, 3.63) is 65.5 Å². The summed E-state index contributed by atoms with van der Waals surface area (Å²) in [6.45, 7) is 3.16. The van der Waals surface area contributed by atoms with Gasteiger partial charge in [-0.05, 0) is 42.2 Å². The van der Waals surface area contributed by atoms with Crippen LogP contribution in [0.4, 0.5) is 10.1 Å². The zero-order chi connectivity index (χ0) is 19.5. The predicted octanol–water partition coefficient (Wildman–Crippen LogP) is 4.09. The summed E-state index contributed by atoms with van der Waals surface area (Å²) in [6.07, 6.45) is 1.94. The average molecular weight is 498 g/mol. The highest BCUT2D eigenvalue weighted by Gasteiger charge is 2.03. The topological polar surface area (TPSA) is 65.5 Å². The molecule has 3 N–H and O–H groups in total. The molecule has 0 aromatic heterocycles. The minimum atomic E-state index is -0.187. The molecule has 2 aromatic carbocycles. The van der Waals surface area contributed by atoms with Crippen molar-refractivity contribution in [1.29, 1.82) is 0 Å². The molecule has 0 radical (unpaired) electrons. The predicted molar refractivity (Wildman–Crippen MR) is 124 cm³/mol. The Morgan fingerprint density at radius 3 is 2.43 bits per heavy atom. The minimum Gasteiger partial charge on any atom is -0.356 e. The molecule has 0 bridgehead atoms. The number of rotatable bonds is 8. The van der Waals surface area contributed by atoms with Gasteiger partial charge in [0.25, 0.3) is 0 Å². The molecule has 0 aliphatic rings. The lowest BCUT2D eigenvalue weighted by molar-refractivity contribution is -0.116. The molecular formula is C21H28FIN4O. The molecule has 0 saturated heterocycles. The van der Waals surface area contributed by atoms with Crippen LogP contribution in [-0.2, 0) is 17.8 Å². The number of nitrogens with one attached hydrogen (secondary N) is 3. The molecule has 2 rings (SSSR count). The number of carbonyl (C=O) groups is 1. The first-order valence-corrected chi connectivity index (χ1v) is 9.19. The van der Waals surface area contributed by atoms with Gasteiger partial charge in [-0.25, -0.2) is 4.39 Å². The van der Waals surface area contributed by atoms with E-state index in [0.717, 1.165) is 17.7 Å². The molecule has 152 valence electrons. The van der Waals surface area contributed by atoms with Gasteiger partial charge >= 0.3 is 0 Å². The molecule has 0 spiro atoms. The second kappa shape index (κ2) is 13.1. The molecule has 0 saturated carbocycles. The van der Waals surface area contributed by atoms with Crippen molar-refractivity contribution < 1.29 is 9.18 Å². The molecule has 0 aliphatic heterocycles. The van der Waals surface area contributed by atoms with Gasteiger partial charge in [-0.2, -0.15) is 0 Å². The largest absolute Gasteiger partial charge is 0.356 e. The molecule has 0 fully saturated rings. The van der Waals surface area contributed by atoms with E-state index in [0.29, 0.717) is 37.5 Å². The summed E-state index contributed by atoms with van der Waals surface area (Å²) in [6, 6.07) is 14.5. The van der Waals surface area contributed by atoms with E-state index < -0.39 is 0 Å². The number of hydrogen-bond donors (Lipinski definition) is 3. The first-order chi connectivity index (χ1) is 13.1. The second-order valence-corrected chi connectivity index (χ2v) is 6.19. The van der Waals surface area contributed by atoms with Crippen LogP contribution in [0.5, 0.6) is 0 Å². The standard InChI is InChI=1S/C21H27FN4O.HI/c1-3-6-20(27)26-18-11-9-16(10-12-18)15-25-21(23-2)24-14-13-17-7-4-5-8-19(17)22;/h4-5,7-12H,3,6,13-15H2,1-2H3,(H,26,27)(H2,23,24,25);1H.